The molecule has 1 radical (unpaired) electrons. The van der Waals surface area contributed by atoms with E-state index in [9.17, 15) is 0 Å². The van der Waals surface area contributed by atoms with Crippen molar-refractivity contribution in [1.29, 1.82) is 0 Å². The molecule has 43 heavy (non-hydrogen) atoms. The van der Waals surface area contributed by atoms with Crippen molar-refractivity contribution in [3.05, 3.63) is 108 Å². The van der Waals surface area contributed by atoms with Gasteiger partial charge in [0.25, 0.3) is 0 Å². The minimum Gasteiger partial charge on any atom is -0.486 e. The standard InChI is InChI=1S/C21H16N3O.C15H18NSi.Ir/c1-3-24-18-10-5-4-9-17(18)23-20(24)16-8-6-7-14-15-12-11-13(2)22-21(15)25-19(14)16;1-12-5-7-13(8-6-12)15-10-9-14(11-16-15)17(2,3)4;/h4-7,9-12H,3H2,1-2H3;5-7,9-11H,1-4H3;/q2*-1;. The molecule has 4 heterocycles. The minimum absolute atomic E-state index is 0. The SMILES string of the molecule is CCn1c(-c2[c-]ccc3c2oc2nc(C)ccc23)nc2ccccc21.Cc1c[c-]c(-c2ccc([Si](C)(C)C)cn2)cc1.[Ir]. The third-order valence-electron chi connectivity index (χ3n) is 7.51. The molecule has 7 rings (SSSR count). The number of rotatable bonds is 4. The summed E-state index contributed by atoms with van der Waals surface area (Å²) in [6, 6.07) is 33.3. The van der Waals surface area contributed by atoms with E-state index in [2.05, 4.69) is 96.6 Å². The molecule has 219 valence electrons. The van der Waals surface area contributed by atoms with Gasteiger partial charge in [-0.1, -0.05) is 61.8 Å². The Morgan fingerprint density at radius 1 is 0.860 bits per heavy atom. The van der Waals surface area contributed by atoms with Crippen molar-refractivity contribution in [3.8, 4) is 22.6 Å². The summed E-state index contributed by atoms with van der Waals surface area (Å²) in [5.74, 6) is 0.880. The van der Waals surface area contributed by atoms with E-state index in [4.69, 9.17) is 9.40 Å². The number of hydrogen-bond donors (Lipinski definition) is 0. The fourth-order valence-corrected chi connectivity index (χ4v) is 6.16. The molecule has 0 fully saturated rings. The Bertz CT molecular complexity index is 2020. The number of fused-ring (bicyclic) bond motifs is 4. The van der Waals surface area contributed by atoms with Crippen LogP contribution in [0.3, 0.4) is 0 Å². The van der Waals surface area contributed by atoms with Crippen molar-refractivity contribution < 1.29 is 24.5 Å². The summed E-state index contributed by atoms with van der Waals surface area (Å²) in [5.41, 5.74) is 8.68. The molecule has 0 N–H and O–H groups in total. The number of nitrogens with zero attached hydrogens (tertiary/aromatic N) is 4. The van der Waals surface area contributed by atoms with Gasteiger partial charge in [-0.15, -0.1) is 53.6 Å². The first-order chi connectivity index (χ1) is 20.2. The molecule has 7 heteroatoms. The Balaban J connectivity index is 0.000000180. The molecule has 0 bridgehead atoms. The maximum Gasteiger partial charge on any atom is 0.216 e. The van der Waals surface area contributed by atoms with Crippen LogP contribution in [0.2, 0.25) is 19.6 Å². The number of para-hydroxylation sites is 2. The summed E-state index contributed by atoms with van der Waals surface area (Å²) in [4.78, 5) is 13.9. The van der Waals surface area contributed by atoms with Crippen LogP contribution < -0.4 is 5.19 Å². The average molecular weight is 759 g/mol. The maximum absolute atomic E-state index is 6.12. The second-order valence-electron chi connectivity index (χ2n) is 11.6. The molecule has 0 aliphatic rings. The minimum atomic E-state index is -1.24. The van der Waals surface area contributed by atoms with Crippen LogP contribution in [0.15, 0.2) is 89.5 Å². The van der Waals surface area contributed by atoms with E-state index < -0.39 is 8.07 Å². The smallest absolute Gasteiger partial charge is 0.216 e. The predicted octanol–water partition coefficient (Wildman–Crippen LogP) is 8.53. The van der Waals surface area contributed by atoms with Gasteiger partial charge in [-0.2, -0.15) is 0 Å². The number of hydrogen-bond acceptors (Lipinski definition) is 4. The Kier molecular flexibility index (Phi) is 8.79. The summed E-state index contributed by atoms with van der Waals surface area (Å²) < 4.78 is 8.32. The third-order valence-corrected chi connectivity index (χ3v) is 9.53. The van der Waals surface area contributed by atoms with Crippen LogP contribution in [-0.4, -0.2) is 27.6 Å². The molecule has 0 atom stereocenters. The molecular weight excluding hydrogens is 725 g/mol. The molecule has 0 amide bonds. The number of pyridine rings is 2. The van der Waals surface area contributed by atoms with Gasteiger partial charge in [-0.3, -0.25) is 4.98 Å². The van der Waals surface area contributed by atoms with E-state index >= 15 is 0 Å². The quantitative estimate of drug-likeness (QED) is 0.134. The van der Waals surface area contributed by atoms with E-state index in [0.29, 0.717) is 5.71 Å². The zero-order chi connectivity index (χ0) is 29.4. The predicted molar refractivity (Wildman–Crippen MR) is 176 cm³/mol. The van der Waals surface area contributed by atoms with Crippen molar-refractivity contribution >= 4 is 46.4 Å². The number of aromatic nitrogens is 4. The molecule has 0 aliphatic heterocycles. The van der Waals surface area contributed by atoms with Gasteiger partial charge in [0.1, 0.15) is 0 Å². The van der Waals surface area contributed by atoms with Crippen LogP contribution in [0.1, 0.15) is 18.2 Å². The van der Waals surface area contributed by atoms with Crippen LogP contribution in [-0.2, 0) is 26.7 Å². The zero-order valence-corrected chi connectivity index (χ0v) is 28.7. The van der Waals surface area contributed by atoms with E-state index in [1.165, 1.54) is 10.8 Å². The molecule has 0 saturated heterocycles. The van der Waals surface area contributed by atoms with Crippen LogP contribution in [0.5, 0.6) is 0 Å². The molecule has 3 aromatic carbocycles. The number of benzene rings is 3. The van der Waals surface area contributed by atoms with Gasteiger partial charge in [-0.05, 0) is 49.0 Å². The first kappa shape index (κ1) is 30.6. The van der Waals surface area contributed by atoms with Crippen molar-refractivity contribution in [1.82, 2.24) is 19.5 Å². The van der Waals surface area contributed by atoms with Gasteiger partial charge < -0.3 is 14.0 Å². The third kappa shape index (κ3) is 6.11. The van der Waals surface area contributed by atoms with Gasteiger partial charge in [0.15, 0.2) is 0 Å². The number of furan rings is 1. The molecule has 5 nitrogen and oxygen atoms in total. The van der Waals surface area contributed by atoms with E-state index in [-0.39, 0.29) is 20.1 Å². The van der Waals surface area contributed by atoms with E-state index in [1.807, 2.05) is 55.6 Å². The molecule has 0 aliphatic carbocycles. The zero-order valence-electron chi connectivity index (χ0n) is 25.3. The number of aryl methyl sites for hydroxylation is 3. The molecule has 0 saturated carbocycles. The van der Waals surface area contributed by atoms with Gasteiger partial charge in [0, 0.05) is 43.9 Å². The summed E-state index contributed by atoms with van der Waals surface area (Å²) in [6.45, 7) is 14.0. The van der Waals surface area contributed by atoms with E-state index in [1.54, 1.807) is 0 Å². The summed E-state index contributed by atoms with van der Waals surface area (Å²) >= 11 is 0. The normalized spacial score (nSPS) is 11.4. The van der Waals surface area contributed by atoms with Gasteiger partial charge in [0.2, 0.25) is 5.71 Å². The maximum atomic E-state index is 6.12. The molecule has 4 aromatic heterocycles. The Morgan fingerprint density at radius 2 is 1.67 bits per heavy atom. The Morgan fingerprint density at radius 3 is 2.37 bits per heavy atom. The Labute approximate surface area is 267 Å². The molecular formula is C36H34IrN4OSi-2. The van der Waals surface area contributed by atoms with Crippen LogP contribution in [0.4, 0.5) is 0 Å². The molecule has 7 aromatic rings. The van der Waals surface area contributed by atoms with Gasteiger partial charge >= 0.3 is 0 Å². The fourth-order valence-electron chi connectivity index (χ4n) is 5.13. The molecule has 0 unspecified atom stereocenters. The fraction of sp³-hybridized carbons (Fsp3) is 0.194. The number of imidazole rings is 1. The van der Waals surface area contributed by atoms with Crippen LogP contribution >= 0.6 is 0 Å². The molecule has 0 spiro atoms. The van der Waals surface area contributed by atoms with Crippen LogP contribution in [0.25, 0.3) is 55.7 Å². The summed E-state index contributed by atoms with van der Waals surface area (Å²) in [5, 5.41) is 3.47. The summed E-state index contributed by atoms with van der Waals surface area (Å²) in [6.07, 6.45) is 2.02. The van der Waals surface area contributed by atoms with Crippen molar-refractivity contribution in [2.24, 2.45) is 0 Å². The van der Waals surface area contributed by atoms with Gasteiger partial charge in [-0.25, -0.2) is 4.98 Å². The van der Waals surface area contributed by atoms with E-state index in [0.717, 1.165) is 62.3 Å². The average Bonchev–Trinajstić information content (AvgIpc) is 3.55. The second kappa shape index (κ2) is 12.4. The van der Waals surface area contributed by atoms with Gasteiger partial charge in [0.05, 0.1) is 30.5 Å². The van der Waals surface area contributed by atoms with Crippen molar-refractivity contribution in [3.63, 3.8) is 0 Å². The van der Waals surface area contributed by atoms with Crippen molar-refractivity contribution in [2.45, 2.75) is 47.0 Å². The first-order valence-electron chi connectivity index (χ1n) is 14.3. The second-order valence-corrected chi connectivity index (χ2v) is 16.7. The largest absolute Gasteiger partial charge is 0.486 e. The topological polar surface area (TPSA) is 56.7 Å². The Hall–Kier alpha value is -3.90. The summed E-state index contributed by atoms with van der Waals surface area (Å²) in [7, 11) is -1.24. The first-order valence-corrected chi connectivity index (χ1v) is 17.8. The van der Waals surface area contributed by atoms with Crippen LogP contribution in [0, 0.1) is 26.0 Å². The van der Waals surface area contributed by atoms with Crippen molar-refractivity contribution in [2.75, 3.05) is 0 Å². The monoisotopic (exact) mass is 759 g/mol.